The first kappa shape index (κ1) is 11.3. The number of halogens is 2. The molecule has 0 heterocycles. The second kappa shape index (κ2) is 5.22. The van der Waals surface area contributed by atoms with Crippen LogP contribution in [0.2, 0.25) is 5.02 Å². The molecule has 1 aromatic rings. The van der Waals surface area contributed by atoms with Gasteiger partial charge in [-0.05, 0) is 52.9 Å². The fourth-order valence-corrected chi connectivity index (χ4v) is 2.37. The molecule has 3 heteroatoms. The van der Waals surface area contributed by atoms with Gasteiger partial charge in [0.1, 0.15) is 5.75 Å². The summed E-state index contributed by atoms with van der Waals surface area (Å²) in [5, 5.41) is 0.707. The Kier molecular flexibility index (Phi) is 3.92. The zero-order chi connectivity index (χ0) is 10.7. The first-order valence-electron chi connectivity index (χ1n) is 5.33. The lowest BCUT2D eigenvalue weighted by molar-refractivity contribution is 0.252. The highest BCUT2D eigenvalue weighted by molar-refractivity contribution is 9.10. The molecule has 0 atom stereocenters. The van der Waals surface area contributed by atoms with E-state index in [0.717, 1.165) is 22.7 Å². The summed E-state index contributed by atoms with van der Waals surface area (Å²) >= 11 is 9.34. The molecule has 0 unspecified atom stereocenters. The van der Waals surface area contributed by atoms with Crippen molar-refractivity contribution in [2.24, 2.45) is 5.92 Å². The molecule has 0 N–H and O–H groups in total. The SMILES string of the molecule is Clc1cc(OCC2CCCC2)ccc1Br. The van der Waals surface area contributed by atoms with Crippen LogP contribution in [0.25, 0.3) is 0 Å². The highest BCUT2D eigenvalue weighted by Crippen LogP contribution is 2.29. The zero-order valence-corrected chi connectivity index (χ0v) is 10.9. The molecular weight excluding hydrogens is 275 g/mol. The van der Waals surface area contributed by atoms with Crippen LogP contribution in [0.5, 0.6) is 5.75 Å². The molecule has 0 aliphatic heterocycles. The van der Waals surface area contributed by atoms with Crippen molar-refractivity contribution in [1.82, 2.24) is 0 Å². The first-order valence-corrected chi connectivity index (χ1v) is 6.50. The Balaban J connectivity index is 1.90. The average molecular weight is 290 g/mol. The van der Waals surface area contributed by atoms with Gasteiger partial charge in [-0.1, -0.05) is 24.4 Å². The van der Waals surface area contributed by atoms with E-state index in [0.29, 0.717) is 5.02 Å². The number of ether oxygens (including phenoxy) is 1. The van der Waals surface area contributed by atoms with Crippen molar-refractivity contribution in [3.63, 3.8) is 0 Å². The predicted molar refractivity (Wildman–Crippen MR) is 66.6 cm³/mol. The molecule has 1 fully saturated rings. The summed E-state index contributed by atoms with van der Waals surface area (Å²) in [7, 11) is 0. The third-order valence-electron chi connectivity index (χ3n) is 2.85. The molecule has 82 valence electrons. The first-order chi connectivity index (χ1) is 7.25. The predicted octanol–water partition coefficient (Wildman–Crippen LogP) is 4.67. The highest BCUT2D eigenvalue weighted by atomic mass is 79.9. The standard InChI is InChI=1S/C12H14BrClO/c13-11-6-5-10(7-12(11)14)15-8-9-3-1-2-4-9/h5-7,9H,1-4,8H2. The Morgan fingerprint density at radius 2 is 2.07 bits per heavy atom. The van der Waals surface area contributed by atoms with E-state index in [-0.39, 0.29) is 0 Å². The van der Waals surface area contributed by atoms with Crippen molar-refractivity contribution in [3.8, 4) is 5.75 Å². The van der Waals surface area contributed by atoms with Gasteiger partial charge in [-0.2, -0.15) is 0 Å². The van der Waals surface area contributed by atoms with E-state index in [2.05, 4.69) is 15.9 Å². The third-order valence-corrected chi connectivity index (χ3v) is 4.08. The van der Waals surface area contributed by atoms with Gasteiger partial charge in [-0.15, -0.1) is 0 Å². The number of hydrogen-bond donors (Lipinski definition) is 0. The molecule has 1 aromatic carbocycles. The third kappa shape index (κ3) is 3.12. The van der Waals surface area contributed by atoms with Gasteiger partial charge in [0.2, 0.25) is 0 Å². The van der Waals surface area contributed by atoms with Crippen molar-refractivity contribution in [3.05, 3.63) is 27.7 Å². The van der Waals surface area contributed by atoms with Gasteiger partial charge in [0.05, 0.1) is 11.6 Å². The molecule has 2 rings (SSSR count). The molecule has 0 radical (unpaired) electrons. The fraction of sp³-hybridized carbons (Fsp3) is 0.500. The quantitative estimate of drug-likeness (QED) is 0.785. The van der Waals surface area contributed by atoms with Crippen molar-refractivity contribution in [2.75, 3.05) is 6.61 Å². The summed E-state index contributed by atoms with van der Waals surface area (Å²) in [5.41, 5.74) is 0. The van der Waals surface area contributed by atoms with E-state index in [1.807, 2.05) is 18.2 Å². The Hall–Kier alpha value is -0.210. The number of hydrogen-bond acceptors (Lipinski definition) is 1. The Morgan fingerprint density at radius 3 is 2.73 bits per heavy atom. The van der Waals surface area contributed by atoms with E-state index >= 15 is 0 Å². The van der Waals surface area contributed by atoms with Crippen molar-refractivity contribution in [1.29, 1.82) is 0 Å². The van der Waals surface area contributed by atoms with Crippen LogP contribution in [0.15, 0.2) is 22.7 Å². The summed E-state index contributed by atoms with van der Waals surface area (Å²) < 4.78 is 6.63. The molecule has 1 nitrogen and oxygen atoms in total. The van der Waals surface area contributed by atoms with E-state index in [4.69, 9.17) is 16.3 Å². The maximum Gasteiger partial charge on any atom is 0.120 e. The molecule has 0 bridgehead atoms. The van der Waals surface area contributed by atoms with Crippen LogP contribution in [0.1, 0.15) is 25.7 Å². The molecule has 1 aliphatic rings. The maximum atomic E-state index is 5.98. The fourth-order valence-electron chi connectivity index (χ4n) is 1.96. The average Bonchev–Trinajstić information content (AvgIpc) is 2.73. The summed E-state index contributed by atoms with van der Waals surface area (Å²) in [4.78, 5) is 0. The Bertz CT molecular complexity index is 334. The Labute approximate surface area is 104 Å². The molecule has 1 saturated carbocycles. The molecule has 0 amide bonds. The smallest absolute Gasteiger partial charge is 0.120 e. The van der Waals surface area contributed by atoms with Crippen LogP contribution in [-0.2, 0) is 0 Å². The summed E-state index contributed by atoms with van der Waals surface area (Å²) in [6, 6.07) is 5.73. The highest BCUT2D eigenvalue weighted by Gasteiger charge is 2.15. The number of benzene rings is 1. The minimum Gasteiger partial charge on any atom is -0.493 e. The van der Waals surface area contributed by atoms with Gasteiger partial charge < -0.3 is 4.74 Å². The van der Waals surface area contributed by atoms with E-state index < -0.39 is 0 Å². The lowest BCUT2D eigenvalue weighted by Crippen LogP contribution is -2.07. The largest absolute Gasteiger partial charge is 0.493 e. The molecule has 0 aromatic heterocycles. The van der Waals surface area contributed by atoms with Crippen molar-refractivity contribution in [2.45, 2.75) is 25.7 Å². The summed E-state index contributed by atoms with van der Waals surface area (Å²) in [5.74, 6) is 1.61. The second-order valence-corrected chi connectivity index (χ2v) is 5.30. The molecule has 0 saturated heterocycles. The zero-order valence-electron chi connectivity index (χ0n) is 8.51. The van der Waals surface area contributed by atoms with Crippen molar-refractivity contribution < 1.29 is 4.74 Å². The van der Waals surface area contributed by atoms with Crippen LogP contribution >= 0.6 is 27.5 Å². The van der Waals surface area contributed by atoms with Gasteiger partial charge in [0.25, 0.3) is 0 Å². The minimum atomic E-state index is 0.707. The maximum absolute atomic E-state index is 5.98. The normalized spacial score (nSPS) is 16.9. The van der Waals surface area contributed by atoms with Gasteiger partial charge in [0, 0.05) is 4.47 Å². The molecular formula is C12H14BrClO. The van der Waals surface area contributed by atoms with Gasteiger partial charge in [-0.3, -0.25) is 0 Å². The van der Waals surface area contributed by atoms with E-state index in [1.165, 1.54) is 25.7 Å². The van der Waals surface area contributed by atoms with Gasteiger partial charge >= 0.3 is 0 Å². The summed E-state index contributed by atoms with van der Waals surface area (Å²) in [6.45, 7) is 0.831. The number of rotatable bonds is 3. The molecule has 15 heavy (non-hydrogen) atoms. The lowest BCUT2D eigenvalue weighted by Gasteiger charge is -2.11. The van der Waals surface area contributed by atoms with Crippen LogP contribution in [0, 0.1) is 5.92 Å². The van der Waals surface area contributed by atoms with Gasteiger partial charge in [0.15, 0.2) is 0 Å². The van der Waals surface area contributed by atoms with Crippen LogP contribution in [-0.4, -0.2) is 6.61 Å². The topological polar surface area (TPSA) is 9.23 Å². The molecule has 0 spiro atoms. The van der Waals surface area contributed by atoms with E-state index in [1.54, 1.807) is 0 Å². The van der Waals surface area contributed by atoms with Crippen LogP contribution in [0.3, 0.4) is 0 Å². The van der Waals surface area contributed by atoms with E-state index in [9.17, 15) is 0 Å². The van der Waals surface area contributed by atoms with Crippen LogP contribution < -0.4 is 4.74 Å². The lowest BCUT2D eigenvalue weighted by atomic mass is 10.1. The minimum absolute atomic E-state index is 0.707. The second-order valence-electron chi connectivity index (χ2n) is 4.04. The van der Waals surface area contributed by atoms with Crippen molar-refractivity contribution >= 4 is 27.5 Å². The monoisotopic (exact) mass is 288 g/mol. The van der Waals surface area contributed by atoms with Crippen LogP contribution in [0.4, 0.5) is 0 Å². The molecule has 1 aliphatic carbocycles. The summed E-state index contributed by atoms with van der Waals surface area (Å²) in [6.07, 6.45) is 5.33. The van der Waals surface area contributed by atoms with Gasteiger partial charge in [-0.25, -0.2) is 0 Å². The Morgan fingerprint density at radius 1 is 1.33 bits per heavy atom.